The molecule has 82 valence electrons. The van der Waals surface area contributed by atoms with Crippen LogP contribution in [0.1, 0.15) is 17.3 Å². The second kappa shape index (κ2) is 5.01. The number of hydrogen-bond donors (Lipinski definition) is 1. The van der Waals surface area contributed by atoms with Crippen molar-refractivity contribution >= 4 is 27.9 Å². The van der Waals surface area contributed by atoms with E-state index in [4.69, 9.17) is 0 Å². The van der Waals surface area contributed by atoms with Crippen LogP contribution in [0.3, 0.4) is 0 Å². The molecule has 1 rings (SSSR count). The zero-order chi connectivity index (χ0) is 11.5. The van der Waals surface area contributed by atoms with E-state index in [1.54, 1.807) is 0 Å². The first-order chi connectivity index (χ1) is 6.95. The first kappa shape index (κ1) is 12.6. The Morgan fingerprint density at radius 1 is 1.20 bits per heavy atom. The predicted octanol–water partition coefficient (Wildman–Crippen LogP) is 1.98. The summed E-state index contributed by atoms with van der Waals surface area (Å²) in [5.74, 6) is 0.0214. The average Bonchev–Trinajstić information content (AvgIpc) is 2.17. The molecular formula is C12H19NOSn. The molecule has 0 aliphatic carbocycles. The predicted molar refractivity (Wildman–Crippen MR) is 67.4 cm³/mol. The summed E-state index contributed by atoms with van der Waals surface area (Å²) < 4.78 is 1.46. The molecule has 1 amide bonds. The Balaban J connectivity index is 2.86. The van der Waals surface area contributed by atoms with Crippen LogP contribution in [-0.2, 0) is 0 Å². The third kappa shape index (κ3) is 3.52. The molecule has 0 atom stereocenters. The average molecular weight is 312 g/mol. The molecule has 0 unspecified atom stereocenters. The van der Waals surface area contributed by atoms with Crippen molar-refractivity contribution in [1.29, 1.82) is 0 Å². The monoisotopic (exact) mass is 313 g/mol. The van der Waals surface area contributed by atoms with Crippen LogP contribution in [0, 0.1) is 0 Å². The zero-order valence-electron chi connectivity index (χ0n) is 9.92. The Morgan fingerprint density at radius 2 is 1.73 bits per heavy atom. The van der Waals surface area contributed by atoms with Gasteiger partial charge in [-0.3, -0.25) is 0 Å². The Kier molecular flexibility index (Phi) is 4.20. The van der Waals surface area contributed by atoms with E-state index in [9.17, 15) is 4.79 Å². The van der Waals surface area contributed by atoms with Gasteiger partial charge in [-0.1, -0.05) is 0 Å². The minimum absolute atomic E-state index is 0.0214. The summed E-state index contributed by atoms with van der Waals surface area (Å²) in [5, 5.41) is 2.80. The first-order valence-corrected chi connectivity index (χ1v) is 15.3. The molecule has 1 aromatic carbocycles. The molecule has 3 heteroatoms. The molecule has 0 radical (unpaired) electrons. The van der Waals surface area contributed by atoms with Gasteiger partial charge in [-0.25, -0.2) is 0 Å². The van der Waals surface area contributed by atoms with Gasteiger partial charge < -0.3 is 0 Å². The fraction of sp³-hybridized carbons (Fsp3) is 0.417. The minimum atomic E-state index is -1.95. The Morgan fingerprint density at radius 3 is 2.13 bits per heavy atom. The molecule has 0 fully saturated rings. The van der Waals surface area contributed by atoms with Crippen LogP contribution in [0.5, 0.6) is 0 Å². The summed E-state index contributed by atoms with van der Waals surface area (Å²) in [4.78, 5) is 18.6. The van der Waals surface area contributed by atoms with Crippen LogP contribution >= 0.6 is 0 Å². The maximum atomic E-state index is 11.5. The molecular weight excluding hydrogens is 293 g/mol. The quantitative estimate of drug-likeness (QED) is 0.850. The van der Waals surface area contributed by atoms with Gasteiger partial charge >= 0.3 is 96.1 Å². The van der Waals surface area contributed by atoms with Crippen LogP contribution in [0.2, 0.25) is 14.8 Å². The number of nitrogens with one attached hydrogen (secondary N) is 1. The molecule has 0 spiro atoms. The van der Waals surface area contributed by atoms with E-state index in [2.05, 4.69) is 32.3 Å². The summed E-state index contributed by atoms with van der Waals surface area (Å²) in [6.45, 7) is 2.61. The van der Waals surface area contributed by atoms with Gasteiger partial charge in [0.25, 0.3) is 0 Å². The van der Waals surface area contributed by atoms with Crippen LogP contribution in [-0.4, -0.2) is 30.8 Å². The Bertz CT molecular complexity index is 338. The Hall–Kier alpha value is -0.511. The van der Waals surface area contributed by atoms with Crippen molar-refractivity contribution in [3.8, 4) is 0 Å². The summed E-state index contributed by atoms with van der Waals surface area (Å²) in [5.41, 5.74) is 0.760. The van der Waals surface area contributed by atoms with E-state index in [0.717, 1.165) is 5.56 Å². The van der Waals surface area contributed by atoms with Crippen LogP contribution in [0.15, 0.2) is 24.3 Å². The summed E-state index contributed by atoms with van der Waals surface area (Å²) in [6.07, 6.45) is 0. The molecule has 2 nitrogen and oxygen atoms in total. The molecule has 0 bridgehead atoms. The zero-order valence-corrected chi connectivity index (χ0v) is 12.8. The second-order valence-corrected chi connectivity index (χ2v) is 19.2. The van der Waals surface area contributed by atoms with Crippen molar-refractivity contribution in [2.45, 2.75) is 21.7 Å². The number of carbonyl (C=O) groups is 1. The molecule has 0 heterocycles. The molecule has 1 N–H and O–H groups in total. The maximum absolute atomic E-state index is 11.5. The van der Waals surface area contributed by atoms with Gasteiger partial charge in [-0.2, -0.15) is 0 Å². The van der Waals surface area contributed by atoms with Gasteiger partial charge in [0.05, 0.1) is 0 Å². The topological polar surface area (TPSA) is 29.1 Å². The Labute approximate surface area is 95.9 Å². The van der Waals surface area contributed by atoms with Crippen LogP contribution in [0.4, 0.5) is 0 Å². The third-order valence-electron chi connectivity index (χ3n) is 2.35. The molecule has 0 aromatic heterocycles. The van der Waals surface area contributed by atoms with Crippen LogP contribution < -0.4 is 8.90 Å². The van der Waals surface area contributed by atoms with E-state index < -0.39 is 18.4 Å². The summed E-state index contributed by atoms with van der Waals surface area (Å²) in [7, 11) is 0. The van der Waals surface area contributed by atoms with Crippen molar-refractivity contribution < 1.29 is 4.79 Å². The summed E-state index contributed by atoms with van der Waals surface area (Å²) in [6, 6.07) is 8.09. The van der Waals surface area contributed by atoms with Gasteiger partial charge in [0.15, 0.2) is 0 Å². The number of rotatable bonds is 3. The third-order valence-corrected chi connectivity index (χ3v) is 8.25. The fourth-order valence-electron chi connectivity index (χ4n) is 1.38. The van der Waals surface area contributed by atoms with E-state index in [-0.39, 0.29) is 5.91 Å². The first-order valence-electron chi connectivity index (χ1n) is 5.34. The molecule has 0 aliphatic heterocycles. The van der Waals surface area contributed by atoms with Crippen LogP contribution in [0.25, 0.3) is 0 Å². The van der Waals surface area contributed by atoms with Gasteiger partial charge in [0.1, 0.15) is 0 Å². The normalized spacial score (nSPS) is 11.2. The van der Waals surface area contributed by atoms with Gasteiger partial charge in [0.2, 0.25) is 0 Å². The van der Waals surface area contributed by atoms with Crippen molar-refractivity contribution in [1.82, 2.24) is 5.32 Å². The number of amides is 1. The van der Waals surface area contributed by atoms with Crippen molar-refractivity contribution in [3.05, 3.63) is 29.8 Å². The van der Waals surface area contributed by atoms with Crippen molar-refractivity contribution in [3.63, 3.8) is 0 Å². The molecule has 0 saturated heterocycles. The molecule has 0 aliphatic rings. The number of benzene rings is 1. The van der Waals surface area contributed by atoms with E-state index in [1.165, 1.54) is 3.58 Å². The van der Waals surface area contributed by atoms with Gasteiger partial charge in [-0.05, 0) is 0 Å². The van der Waals surface area contributed by atoms with E-state index in [1.807, 2.05) is 19.1 Å². The summed E-state index contributed by atoms with van der Waals surface area (Å²) >= 11 is -1.95. The number of hydrogen-bond acceptors (Lipinski definition) is 1. The van der Waals surface area contributed by atoms with Crippen molar-refractivity contribution in [2.24, 2.45) is 0 Å². The van der Waals surface area contributed by atoms with Crippen molar-refractivity contribution in [2.75, 3.05) is 6.54 Å². The second-order valence-electron chi connectivity index (χ2n) is 4.69. The number of carbonyl (C=O) groups excluding carboxylic acids is 1. The van der Waals surface area contributed by atoms with E-state index in [0.29, 0.717) is 6.54 Å². The SMILES string of the molecule is CCNC(=O)c1cc[c]([Sn]([CH3])([CH3])[CH3])cc1. The van der Waals surface area contributed by atoms with E-state index >= 15 is 0 Å². The molecule has 15 heavy (non-hydrogen) atoms. The van der Waals surface area contributed by atoms with Gasteiger partial charge in [-0.15, -0.1) is 0 Å². The molecule has 0 saturated carbocycles. The molecule has 1 aromatic rings. The fourth-order valence-corrected chi connectivity index (χ4v) is 4.71. The standard InChI is InChI=1S/C9H10NO.3CH3.Sn/c1-2-10-9(11)8-6-4-3-5-7-8;;;;/h4-7H,2H2,1H3,(H,10,11);3*1H3;. The van der Waals surface area contributed by atoms with Gasteiger partial charge in [0, 0.05) is 0 Å².